The number of thiazole rings is 1. The zero-order valence-electron chi connectivity index (χ0n) is 9.59. The molecule has 0 saturated carbocycles. The van der Waals surface area contributed by atoms with Crippen LogP contribution < -0.4 is 5.73 Å². The SMILES string of the molecule is C=CCN(CCO)Cc1csc(C(C)N)n1. The van der Waals surface area contributed by atoms with E-state index in [-0.39, 0.29) is 12.6 Å². The maximum absolute atomic E-state index is 8.92. The monoisotopic (exact) mass is 241 g/mol. The molecule has 0 aromatic carbocycles. The molecule has 0 spiro atoms. The number of aliphatic hydroxyl groups is 1. The molecule has 1 heterocycles. The predicted molar refractivity (Wildman–Crippen MR) is 67.3 cm³/mol. The number of hydrogen-bond acceptors (Lipinski definition) is 5. The van der Waals surface area contributed by atoms with Crippen molar-refractivity contribution in [1.82, 2.24) is 9.88 Å². The van der Waals surface area contributed by atoms with Crippen LogP contribution >= 0.6 is 11.3 Å². The fraction of sp³-hybridized carbons (Fsp3) is 0.545. The lowest BCUT2D eigenvalue weighted by molar-refractivity contribution is 0.202. The van der Waals surface area contributed by atoms with Crippen molar-refractivity contribution >= 4 is 11.3 Å². The van der Waals surface area contributed by atoms with Gasteiger partial charge < -0.3 is 10.8 Å². The van der Waals surface area contributed by atoms with Crippen LogP contribution in [0.25, 0.3) is 0 Å². The van der Waals surface area contributed by atoms with Crippen LogP contribution in [0.5, 0.6) is 0 Å². The van der Waals surface area contributed by atoms with E-state index in [1.54, 1.807) is 11.3 Å². The summed E-state index contributed by atoms with van der Waals surface area (Å²) in [7, 11) is 0. The Bertz CT molecular complexity index is 325. The molecule has 4 nitrogen and oxygen atoms in total. The van der Waals surface area contributed by atoms with Crippen molar-refractivity contribution in [3.8, 4) is 0 Å². The molecule has 0 saturated heterocycles. The largest absolute Gasteiger partial charge is 0.395 e. The summed E-state index contributed by atoms with van der Waals surface area (Å²) in [5.74, 6) is 0. The molecule has 0 fully saturated rings. The van der Waals surface area contributed by atoms with Crippen molar-refractivity contribution in [2.24, 2.45) is 5.73 Å². The minimum absolute atomic E-state index is 0.00977. The summed E-state index contributed by atoms with van der Waals surface area (Å²) in [6.07, 6.45) is 1.83. The normalized spacial score (nSPS) is 13.0. The molecule has 3 N–H and O–H groups in total. The van der Waals surface area contributed by atoms with E-state index >= 15 is 0 Å². The Morgan fingerprint density at radius 2 is 2.50 bits per heavy atom. The van der Waals surface area contributed by atoms with E-state index in [2.05, 4.69) is 16.5 Å². The van der Waals surface area contributed by atoms with E-state index < -0.39 is 0 Å². The first kappa shape index (κ1) is 13.3. The number of aromatic nitrogens is 1. The maximum Gasteiger partial charge on any atom is 0.109 e. The first-order valence-electron chi connectivity index (χ1n) is 5.31. The average Bonchev–Trinajstić information content (AvgIpc) is 2.67. The molecule has 0 aliphatic rings. The third-order valence-corrected chi connectivity index (χ3v) is 3.24. The van der Waals surface area contributed by atoms with Crippen LogP contribution in [0.3, 0.4) is 0 Å². The zero-order chi connectivity index (χ0) is 12.0. The summed E-state index contributed by atoms with van der Waals surface area (Å²) in [6, 6.07) is -0.00977. The van der Waals surface area contributed by atoms with Gasteiger partial charge in [-0.15, -0.1) is 17.9 Å². The standard InChI is InChI=1S/C11H19N3OS/c1-3-4-14(5-6-15)7-10-8-16-11(13-10)9(2)12/h3,8-9,15H,1,4-7,12H2,2H3. The number of nitrogens with zero attached hydrogens (tertiary/aromatic N) is 2. The summed E-state index contributed by atoms with van der Waals surface area (Å²) in [5, 5.41) is 11.9. The van der Waals surface area contributed by atoms with Crippen LogP contribution in [0.15, 0.2) is 18.0 Å². The maximum atomic E-state index is 8.92. The summed E-state index contributed by atoms with van der Waals surface area (Å²) in [6.45, 7) is 7.90. The molecule has 0 aliphatic heterocycles. The van der Waals surface area contributed by atoms with Crippen LogP contribution in [0.2, 0.25) is 0 Å². The lowest BCUT2D eigenvalue weighted by atomic mass is 10.3. The lowest BCUT2D eigenvalue weighted by Gasteiger charge is -2.17. The van der Waals surface area contributed by atoms with Crippen molar-refractivity contribution in [1.29, 1.82) is 0 Å². The molecule has 16 heavy (non-hydrogen) atoms. The van der Waals surface area contributed by atoms with Crippen LogP contribution in [0.4, 0.5) is 0 Å². The number of nitrogens with two attached hydrogens (primary N) is 1. The van der Waals surface area contributed by atoms with Gasteiger partial charge in [0.25, 0.3) is 0 Å². The van der Waals surface area contributed by atoms with Crippen LogP contribution in [-0.2, 0) is 6.54 Å². The first-order valence-corrected chi connectivity index (χ1v) is 6.19. The Labute approximate surface area is 100 Å². The van der Waals surface area contributed by atoms with Crippen LogP contribution in [-0.4, -0.2) is 34.7 Å². The molecule has 0 radical (unpaired) electrons. The van der Waals surface area contributed by atoms with Gasteiger partial charge in [-0.25, -0.2) is 4.98 Å². The van der Waals surface area contributed by atoms with Gasteiger partial charge in [-0.1, -0.05) is 6.08 Å². The molecule has 1 atom stereocenters. The van der Waals surface area contributed by atoms with Gasteiger partial charge in [0, 0.05) is 25.0 Å². The van der Waals surface area contributed by atoms with E-state index in [1.807, 2.05) is 18.4 Å². The van der Waals surface area contributed by atoms with E-state index in [0.29, 0.717) is 6.54 Å². The Morgan fingerprint density at radius 1 is 1.75 bits per heavy atom. The Balaban J connectivity index is 2.58. The smallest absolute Gasteiger partial charge is 0.109 e. The van der Waals surface area contributed by atoms with Crippen LogP contribution in [0.1, 0.15) is 23.7 Å². The van der Waals surface area contributed by atoms with Gasteiger partial charge in [0.15, 0.2) is 0 Å². The molecule has 90 valence electrons. The third kappa shape index (κ3) is 4.02. The minimum atomic E-state index is -0.00977. The average molecular weight is 241 g/mol. The second-order valence-electron chi connectivity index (χ2n) is 3.71. The van der Waals surface area contributed by atoms with Gasteiger partial charge >= 0.3 is 0 Å². The fourth-order valence-electron chi connectivity index (χ4n) is 1.39. The van der Waals surface area contributed by atoms with Crippen molar-refractivity contribution in [3.63, 3.8) is 0 Å². The summed E-state index contributed by atoms with van der Waals surface area (Å²) >= 11 is 1.58. The molecule has 0 bridgehead atoms. The van der Waals surface area contributed by atoms with E-state index in [9.17, 15) is 0 Å². The van der Waals surface area contributed by atoms with E-state index in [1.165, 1.54) is 0 Å². The molecular formula is C11H19N3OS. The number of hydrogen-bond donors (Lipinski definition) is 2. The summed E-state index contributed by atoms with van der Waals surface area (Å²) in [5.41, 5.74) is 6.76. The first-order chi connectivity index (χ1) is 7.67. The molecule has 1 rings (SSSR count). The molecule has 1 aromatic heterocycles. The highest BCUT2D eigenvalue weighted by atomic mass is 32.1. The van der Waals surface area contributed by atoms with Crippen molar-refractivity contribution in [3.05, 3.63) is 28.7 Å². The van der Waals surface area contributed by atoms with Gasteiger partial charge in [-0.2, -0.15) is 0 Å². The molecule has 5 heteroatoms. The second-order valence-corrected chi connectivity index (χ2v) is 4.60. The molecular weight excluding hydrogens is 222 g/mol. The van der Waals surface area contributed by atoms with Gasteiger partial charge in [0.05, 0.1) is 18.3 Å². The van der Waals surface area contributed by atoms with Crippen molar-refractivity contribution < 1.29 is 5.11 Å². The molecule has 0 amide bonds. The summed E-state index contributed by atoms with van der Waals surface area (Å²) < 4.78 is 0. The van der Waals surface area contributed by atoms with Gasteiger partial charge in [-0.05, 0) is 6.92 Å². The van der Waals surface area contributed by atoms with Crippen LogP contribution in [0, 0.1) is 0 Å². The number of rotatable bonds is 7. The fourth-order valence-corrected chi connectivity index (χ4v) is 2.16. The highest BCUT2D eigenvalue weighted by molar-refractivity contribution is 7.09. The third-order valence-electron chi connectivity index (χ3n) is 2.15. The van der Waals surface area contributed by atoms with Gasteiger partial charge in [0.1, 0.15) is 5.01 Å². The van der Waals surface area contributed by atoms with Gasteiger partial charge in [-0.3, -0.25) is 4.90 Å². The zero-order valence-corrected chi connectivity index (χ0v) is 10.4. The number of aliphatic hydroxyl groups excluding tert-OH is 1. The lowest BCUT2D eigenvalue weighted by Crippen LogP contribution is -2.26. The molecule has 0 aliphatic carbocycles. The van der Waals surface area contributed by atoms with E-state index in [0.717, 1.165) is 23.8 Å². The highest BCUT2D eigenvalue weighted by Gasteiger charge is 2.09. The second kappa shape index (κ2) is 6.75. The molecule has 1 unspecified atom stereocenters. The highest BCUT2D eigenvalue weighted by Crippen LogP contribution is 2.16. The molecule has 1 aromatic rings. The van der Waals surface area contributed by atoms with Crippen molar-refractivity contribution in [2.75, 3.05) is 19.7 Å². The topological polar surface area (TPSA) is 62.4 Å². The Kier molecular flexibility index (Phi) is 5.62. The Morgan fingerprint density at radius 3 is 3.00 bits per heavy atom. The quantitative estimate of drug-likeness (QED) is 0.703. The van der Waals surface area contributed by atoms with E-state index in [4.69, 9.17) is 10.8 Å². The minimum Gasteiger partial charge on any atom is -0.395 e. The predicted octanol–water partition coefficient (Wildman–Crippen LogP) is 1.14. The van der Waals surface area contributed by atoms with Crippen molar-refractivity contribution in [2.45, 2.75) is 19.5 Å². The Hall–Kier alpha value is -0.750. The van der Waals surface area contributed by atoms with Gasteiger partial charge in [0.2, 0.25) is 0 Å². The summed E-state index contributed by atoms with van der Waals surface area (Å²) in [4.78, 5) is 6.54.